The van der Waals surface area contributed by atoms with Crippen molar-refractivity contribution in [3.63, 3.8) is 0 Å². The highest BCUT2D eigenvalue weighted by molar-refractivity contribution is 5.06. The molecule has 3 fully saturated rings. The summed E-state index contributed by atoms with van der Waals surface area (Å²) < 4.78 is 0. The monoisotopic (exact) mass is 167 g/mol. The summed E-state index contributed by atoms with van der Waals surface area (Å²) in [7, 11) is 2.11. The van der Waals surface area contributed by atoms with E-state index in [1.54, 1.807) is 0 Å². The molecule has 0 aromatic rings. The molecule has 0 saturated heterocycles. The normalized spacial score (nSPS) is 50.0. The first-order valence-corrected chi connectivity index (χ1v) is 5.24. The second-order valence-electron chi connectivity index (χ2n) is 5.35. The zero-order valence-electron chi connectivity index (χ0n) is 8.72. The molecule has 4 atom stereocenters. The lowest BCUT2D eigenvalue weighted by molar-refractivity contribution is -0.113. The summed E-state index contributed by atoms with van der Waals surface area (Å²) >= 11 is 0. The van der Waals surface area contributed by atoms with Crippen molar-refractivity contribution in [1.82, 2.24) is 5.32 Å². The summed E-state index contributed by atoms with van der Waals surface area (Å²) in [5, 5.41) is 3.45. The summed E-state index contributed by atoms with van der Waals surface area (Å²) in [6.45, 7) is 7.32. The zero-order valence-corrected chi connectivity index (χ0v) is 8.72. The van der Waals surface area contributed by atoms with Crippen molar-refractivity contribution in [3.05, 3.63) is 0 Å². The van der Waals surface area contributed by atoms with Gasteiger partial charge < -0.3 is 5.32 Å². The largest absolute Gasteiger partial charge is 0.317 e. The van der Waals surface area contributed by atoms with E-state index in [-0.39, 0.29) is 0 Å². The van der Waals surface area contributed by atoms with Crippen LogP contribution in [-0.4, -0.2) is 13.1 Å². The molecule has 0 amide bonds. The van der Waals surface area contributed by atoms with Crippen LogP contribution in [0.3, 0.4) is 0 Å². The van der Waals surface area contributed by atoms with Crippen LogP contribution in [0.2, 0.25) is 0 Å². The molecule has 0 heterocycles. The van der Waals surface area contributed by atoms with Crippen molar-refractivity contribution in [2.45, 2.75) is 39.7 Å². The molecule has 0 aromatic heterocycles. The van der Waals surface area contributed by atoms with Gasteiger partial charge in [-0.3, -0.25) is 0 Å². The van der Waals surface area contributed by atoms with Gasteiger partial charge in [-0.2, -0.15) is 0 Å². The zero-order chi connectivity index (χ0) is 8.93. The van der Waals surface area contributed by atoms with Crippen molar-refractivity contribution < 1.29 is 0 Å². The summed E-state index contributed by atoms with van der Waals surface area (Å²) in [4.78, 5) is 0. The number of rotatable bonds is 1. The van der Waals surface area contributed by atoms with Gasteiger partial charge in [0, 0.05) is 6.04 Å². The molecule has 12 heavy (non-hydrogen) atoms. The van der Waals surface area contributed by atoms with E-state index in [2.05, 4.69) is 33.1 Å². The predicted octanol–water partition coefficient (Wildman–Crippen LogP) is 2.28. The summed E-state index contributed by atoms with van der Waals surface area (Å²) in [5.41, 5.74) is 0.646. The molecular weight excluding hydrogens is 146 g/mol. The molecule has 0 aliphatic heterocycles. The average molecular weight is 167 g/mol. The van der Waals surface area contributed by atoms with Crippen molar-refractivity contribution in [1.29, 1.82) is 0 Å². The smallest absolute Gasteiger partial charge is 0.00953 e. The van der Waals surface area contributed by atoms with Gasteiger partial charge in [0.1, 0.15) is 0 Å². The van der Waals surface area contributed by atoms with Gasteiger partial charge in [0.2, 0.25) is 0 Å². The number of hydrogen-bond acceptors (Lipinski definition) is 1. The lowest BCUT2D eigenvalue weighted by Crippen LogP contribution is -2.59. The molecule has 3 rings (SSSR count). The van der Waals surface area contributed by atoms with E-state index in [9.17, 15) is 0 Å². The molecule has 3 saturated carbocycles. The molecule has 3 aliphatic carbocycles. The van der Waals surface area contributed by atoms with E-state index >= 15 is 0 Å². The lowest BCUT2D eigenvalue weighted by Gasteiger charge is -2.62. The standard InChI is InChI=1S/C11H21N/c1-7-9-5-8(11(9,2)3)6-10(7)12-4/h7-10,12H,5-6H2,1-4H3. The first kappa shape index (κ1) is 8.55. The van der Waals surface area contributed by atoms with Crippen LogP contribution in [0.1, 0.15) is 33.6 Å². The number of fused-ring (bicyclic) bond motifs is 2. The van der Waals surface area contributed by atoms with Crippen LogP contribution in [0, 0.1) is 23.2 Å². The maximum atomic E-state index is 3.45. The van der Waals surface area contributed by atoms with Crippen molar-refractivity contribution in [2.75, 3.05) is 7.05 Å². The third-order valence-corrected chi connectivity index (χ3v) is 4.72. The molecule has 70 valence electrons. The highest BCUT2D eigenvalue weighted by Gasteiger charge is 2.55. The topological polar surface area (TPSA) is 12.0 Å². The van der Waals surface area contributed by atoms with E-state index in [1.807, 2.05) is 0 Å². The molecule has 3 aliphatic rings. The fraction of sp³-hybridized carbons (Fsp3) is 1.00. The van der Waals surface area contributed by atoms with Crippen LogP contribution < -0.4 is 5.32 Å². The van der Waals surface area contributed by atoms with Crippen LogP contribution in [0.25, 0.3) is 0 Å². The summed E-state index contributed by atoms with van der Waals surface area (Å²) in [6.07, 6.45) is 2.90. The highest BCUT2D eigenvalue weighted by atomic mass is 14.9. The Morgan fingerprint density at radius 2 is 1.92 bits per heavy atom. The Hall–Kier alpha value is -0.0400. The Morgan fingerprint density at radius 1 is 1.25 bits per heavy atom. The third-order valence-electron chi connectivity index (χ3n) is 4.72. The second-order valence-corrected chi connectivity index (χ2v) is 5.35. The van der Waals surface area contributed by atoms with Crippen LogP contribution in [0.4, 0.5) is 0 Å². The molecule has 1 nitrogen and oxygen atoms in total. The molecule has 0 radical (unpaired) electrons. The van der Waals surface area contributed by atoms with Gasteiger partial charge in [-0.25, -0.2) is 0 Å². The molecule has 0 aromatic carbocycles. The van der Waals surface area contributed by atoms with Crippen LogP contribution in [-0.2, 0) is 0 Å². The quantitative estimate of drug-likeness (QED) is 0.632. The Kier molecular flexibility index (Phi) is 1.76. The first-order valence-electron chi connectivity index (χ1n) is 5.24. The first-order chi connectivity index (χ1) is 5.57. The van der Waals surface area contributed by atoms with E-state index in [0.717, 1.165) is 23.8 Å². The molecule has 4 unspecified atom stereocenters. The van der Waals surface area contributed by atoms with Crippen molar-refractivity contribution in [2.24, 2.45) is 23.2 Å². The maximum absolute atomic E-state index is 3.45. The molecular formula is C11H21N. The fourth-order valence-electron chi connectivity index (χ4n) is 3.53. The van der Waals surface area contributed by atoms with Gasteiger partial charge in [0.05, 0.1) is 0 Å². The van der Waals surface area contributed by atoms with E-state index in [1.165, 1.54) is 12.8 Å². The fourth-order valence-corrected chi connectivity index (χ4v) is 3.53. The van der Waals surface area contributed by atoms with Crippen LogP contribution in [0.5, 0.6) is 0 Å². The minimum Gasteiger partial charge on any atom is -0.317 e. The SMILES string of the molecule is CNC1CC2CC(C1C)C2(C)C. The molecule has 0 spiro atoms. The Morgan fingerprint density at radius 3 is 2.33 bits per heavy atom. The Balaban J connectivity index is 2.11. The molecule has 2 bridgehead atoms. The maximum Gasteiger partial charge on any atom is 0.00953 e. The van der Waals surface area contributed by atoms with Gasteiger partial charge >= 0.3 is 0 Å². The Bertz CT molecular complexity index is 185. The van der Waals surface area contributed by atoms with Crippen molar-refractivity contribution >= 4 is 0 Å². The Labute approximate surface area is 75.9 Å². The van der Waals surface area contributed by atoms with E-state index in [0.29, 0.717) is 5.41 Å². The number of hydrogen-bond donors (Lipinski definition) is 1. The third kappa shape index (κ3) is 0.891. The van der Waals surface area contributed by atoms with Gasteiger partial charge in [-0.05, 0) is 43.1 Å². The molecule has 1 heteroatoms. The minimum absolute atomic E-state index is 0.646. The van der Waals surface area contributed by atoms with Crippen LogP contribution >= 0.6 is 0 Å². The van der Waals surface area contributed by atoms with Gasteiger partial charge in [-0.15, -0.1) is 0 Å². The van der Waals surface area contributed by atoms with Gasteiger partial charge in [0.15, 0.2) is 0 Å². The summed E-state index contributed by atoms with van der Waals surface area (Å²) in [6, 6.07) is 0.793. The second kappa shape index (κ2) is 2.47. The summed E-state index contributed by atoms with van der Waals surface area (Å²) in [5.74, 6) is 2.86. The van der Waals surface area contributed by atoms with Gasteiger partial charge in [-0.1, -0.05) is 20.8 Å². The van der Waals surface area contributed by atoms with E-state index in [4.69, 9.17) is 0 Å². The van der Waals surface area contributed by atoms with Crippen LogP contribution in [0.15, 0.2) is 0 Å². The van der Waals surface area contributed by atoms with Gasteiger partial charge in [0.25, 0.3) is 0 Å². The number of nitrogens with one attached hydrogen (secondary N) is 1. The molecule has 1 N–H and O–H groups in total. The average Bonchev–Trinajstić information content (AvgIpc) is 2.03. The minimum atomic E-state index is 0.646. The lowest BCUT2D eigenvalue weighted by atomic mass is 9.45. The predicted molar refractivity (Wildman–Crippen MR) is 52.0 cm³/mol. The highest BCUT2D eigenvalue weighted by Crippen LogP contribution is 2.61. The van der Waals surface area contributed by atoms with E-state index < -0.39 is 0 Å². The van der Waals surface area contributed by atoms with Crippen molar-refractivity contribution in [3.8, 4) is 0 Å².